The van der Waals surface area contributed by atoms with Crippen molar-refractivity contribution >= 4 is 23.4 Å². The maximum atomic E-state index is 13.6. The number of carbonyl (C=O) groups is 3. The fourth-order valence-corrected chi connectivity index (χ4v) is 5.56. The number of benzene rings is 1. The van der Waals surface area contributed by atoms with E-state index in [1.165, 1.54) is 19.3 Å². The van der Waals surface area contributed by atoms with Gasteiger partial charge in [0.15, 0.2) is 0 Å². The van der Waals surface area contributed by atoms with Gasteiger partial charge in [-0.2, -0.15) is 5.10 Å². The van der Waals surface area contributed by atoms with Gasteiger partial charge in [-0.1, -0.05) is 38.2 Å². The molecule has 180 valence electrons. The number of rotatable bonds is 4. The van der Waals surface area contributed by atoms with E-state index < -0.39 is 0 Å². The number of anilines is 1. The Hall–Kier alpha value is -3.16. The predicted octanol–water partition coefficient (Wildman–Crippen LogP) is 3.25. The fourth-order valence-electron chi connectivity index (χ4n) is 5.56. The van der Waals surface area contributed by atoms with Gasteiger partial charge in [-0.05, 0) is 38.0 Å². The Bertz CT molecular complexity index is 1080. The van der Waals surface area contributed by atoms with Crippen LogP contribution in [0.3, 0.4) is 0 Å². The topological polar surface area (TPSA) is 78.8 Å². The molecule has 1 aromatic carbocycles. The maximum absolute atomic E-state index is 13.6. The van der Waals surface area contributed by atoms with Crippen molar-refractivity contribution in [3.8, 4) is 0 Å². The molecule has 0 atom stereocenters. The molecule has 0 bridgehead atoms. The van der Waals surface area contributed by atoms with E-state index >= 15 is 0 Å². The minimum absolute atomic E-state index is 0.000714. The zero-order valence-corrected chi connectivity index (χ0v) is 19.9. The van der Waals surface area contributed by atoms with E-state index in [1.807, 2.05) is 30.0 Å². The highest BCUT2D eigenvalue weighted by Crippen LogP contribution is 2.35. The number of nitrogens with zero attached hydrogens (tertiary/aromatic N) is 5. The monoisotopic (exact) mass is 463 g/mol. The number of hydrogen-bond acceptors (Lipinski definition) is 5. The lowest BCUT2D eigenvalue weighted by Gasteiger charge is -2.37. The number of piperazine rings is 1. The third-order valence-electron chi connectivity index (χ3n) is 7.55. The first-order valence-electron chi connectivity index (χ1n) is 12.6. The van der Waals surface area contributed by atoms with Crippen molar-refractivity contribution in [3.63, 3.8) is 0 Å². The SMILES string of the molecule is Cc1ccnn1CC(=O)N1CCN(c2cccc3c2C(=O)N(C2CCCCCCC2)C3=O)CC1. The number of imide groups is 1. The lowest BCUT2D eigenvalue weighted by atomic mass is 9.95. The molecule has 8 heteroatoms. The molecule has 0 spiro atoms. The summed E-state index contributed by atoms with van der Waals surface area (Å²) in [5.74, 6) is -0.240. The van der Waals surface area contributed by atoms with E-state index in [2.05, 4.69) is 10.00 Å². The molecule has 1 saturated carbocycles. The molecule has 2 aromatic rings. The van der Waals surface area contributed by atoms with Gasteiger partial charge in [-0.3, -0.25) is 24.0 Å². The Morgan fingerprint density at radius 3 is 2.32 bits per heavy atom. The third kappa shape index (κ3) is 4.21. The smallest absolute Gasteiger partial charge is 0.263 e. The second-order valence-electron chi connectivity index (χ2n) is 9.68. The first kappa shape index (κ1) is 22.6. The highest BCUT2D eigenvalue weighted by atomic mass is 16.2. The molecule has 34 heavy (non-hydrogen) atoms. The van der Waals surface area contributed by atoms with Gasteiger partial charge in [0.25, 0.3) is 11.8 Å². The molecule has 0 radical (unpaired) electrons. The molecule has 1 saturated heterocycles. The first-order valence-corrected chi connectivity index (χ1v) is 12.6. The van der Waals surface area contributed by atoms with E-state index in [0.29, 0.717) is 37.3 Å². The van der Waals surface area contributed by atoms with Crippen LogP contribution in [-0.2, 0) is 11.3 Å². The van der Waals surface area contributed by atoms with Crippen LogP contribution in [0.2, 0.25) is 0 Å². The van der Waals surface area contributed by atoms with Crippen LogP contribution in [-0.4, -0.2) is 69.5 Å². The zero-order chi connectivity index (χ0) is 23.7. The molecule has 3 heterocycles. The van der Waals surface area contributed by atoms with Gasteiger partial charge >= 0.3 is 0 Å². The molecule has 2 fully saturated rings. The van der Waals surface area contributed by atoms with Crippen LogP contribution < -0.4 is 4.90 Å². The molecule has 3 aliphatic rings. The van der Waals surface area contributed by atoms with E-state index in [0.717, 1.165) is 37.1 Å². The number of aromatic nitrogens is 2. The Morgan fingerprint density at radius 1 is 0.941 bits per heavy atom. The molecule has 2 aliphatic heterocycles. The van der Waals surface area contributed by atoms with Crippen molar-refractivity contribution in [2.24, 2.45) is 0 Å². The minimum Gasteiger partial charge on any atom is -0.367 e. The van der Waals surface area contributed by atoms with Crippen molar-refractivity contribution in [3.05, 3.63) is 47.3 Å². The summed E-state index contributed by atoms with van der Waals surface area (Å²) in [5, 5.41) is 4.21. The van der Waals surface area contributed by atoms with Crippen LogP contribution in [0.25, 0.3) is 0 Å². The molecule has 5 rings (SSSR count). The molecular formula is C26H33N5O3. The summed E-state index contributed by atoms with van der Waals surface area (Å²) in [6.45, 7) is 4.60. The standard InChI is InChI=1S/C26H33N5O3/c1-19-12-13-27-30(19)18-23(32)29-16-14-28(15-17-29)22-11-7-10-21-24(22)26(34)31(25(21)33)20-8-5-3-2-4-6-9-20/h7,10-13,20H,2-6,8-9,14-18H2,1H3. The number of hydrogen-bond donors (Lipinski definition) is 0. The summed E-state index contributed by atoms with van der Waals surface area (Å²) >= 11 is 0. The average molecular weight is 464 g/mol. The van der Waals surface area contributed by atoms with Crippen molar-refractivity contribution < 1.29 is 14.4 Å². The van der Waals surface area contributed by atoms with Crippen molar-refractivity contribution in [1.82, 2.24) is 19.6 Å². The van der Waals surface area contributed by atoms with Crippen LogP contribution in [0, 0.1) is 6.92 Å². The predicted molar refractivity (Wildman–Crippen MR) is 129 cm³/mol. The van der Waals surface area contributed by atoms with Crippen LogP contribution in [0.1, 0.15) is 71.4 Å². The van der Waals surface area contributed by atoms with E-state index in [1.54, 1.807) is 21.8 Å². The molecule has 1 aromatic heterocycles. The zero-order valence-electron chi connectivity index (χ0n) is 19.9. The van der Waals surface area contributed by atoms with Gasteiger partial charge < -0.3 is 9.80 Å². The number of aryl methyl sites for hydroxylation is 1. The highest BCUT2D eigenvalue weighted by Gasteiger charge is 2.42. The molecular weight excluding hydrogens is 430 g/mol. The summed E-state index contributed by atoms with van der Waals surface area (Å²) in [4.78, 5) is 45.1. The van der Waals surface area contributed by atoms with Gasteiger partial charge in [-0.15, -0.1) is 0 Å². The summed E-state index contributed by atoms with van der Waals surface area (Å²) in [5.41, 5.74) is 2.85. The van der Waals surface area contributed by atoms with Crippen molar-refractivity contribution in [2.75, 3.05) is 31.1 Å². The number of amides is 3. The van der Waals surface area contributed by atoms with Gasteiger partial charge in [0.05, 0.1) is 16.8 Å². The molecule has 0 unspecified atom stereocenters. The van der Waals surface area contributed by atoms with Gasteiger partial charge in [0, 0.05) is 44.1 Å². The minimum atomic E-state index is -0.145. The van der Waals surface area contributed by atoms with E-state index in [9.17, 15) is 14.4 Å². The summed E-state index contributed by atoms with van der Waals surface area (Å²) in [7, 11) is 0. The molecule has 0 N–H and O–H groups in total. The average Bonchev–Trinajstić information content (AvgIpc) is 3.34. The van der Waals surface area contributed by atoms with Crippen LogP contribution >= 0.6 is 0 Å². The first-order chi connectivity index (χ1) is 16.5. The van der Waals surface area contributed by atoms with Gasteiger partial charge in [0.1, 0.15) is 6.54 Å². The summed E-state index contributed by atoms with van der Waals surface area (Å²) in [6.07, 6.45) is 9.23. The Balaban J connectivity index is 1.29. The molecule has 3 amide bonds. The Kier molecular flexibility index (Phi) is 6.39. The summed E-state index contributed by atoms with van der Waals surface area (Å²) < 4.78 is 1.72. The van der Waals surface area contributed by atoms with Crippen molar-refractivity contribution in [2.45, 2.75) is 64.5 Å². The van der Waals surface area contributed by atoms with Gasteiger partial charge in [0.2, 0.25) is 5.91 Å². The van der Waals surface area contributed by atoms with Gasteiger partial charge in [-0.25, -0.2) is 0 Å². The van der Waals surface area contributed by atoms with E-state index in [-0.39, 0.29) is 30.3 Å². The highest BCUT2D eigenvalue weighted by molar-refractivity contribution is 6.24. The molecule has 1 aliphatic carbocycles. The lowest BCUT2D eigenvalue weighted by molar-refractivity contribution is -0.132. The maximum Gasteiger partial charge on any atom is 0.263 e. The lowest BCUT2D eigenvalue weighted by Crippen LogP contribution is -2.50. The second-order valence-corrected chi connectivity index (χ2v) is 9.68. The van der Waals surface area contributed by atoms with Crippen LogP contribution in [0.5, 0.6) is 0 Å². The second kappa shape index (κ2) is 9.60. The normalized spacial score (nSPS) is 19.9. The molecule has 8 nitrogen and oxygen atoms in total. The fraction of sp³-hybridized carbons (Fsp3) is 0.538. The quantitative estimate of drug-likeness (QED) is 0.651. The van der Waals surface area contributed by atoms with E-state index in [4.69, 9.17) is 0 Å². The third-order valence-corrected chi connectivity index (χ3v) is 7.55. The Labute approximate surface area is 200 Å². The number of fused-ring (bicyclic) bond motifs is 1. The van der Waals surface area contributed by atoms with Crippen molar-refractivity contribution in [1.29, 1.82) is 0 Å². The van der Waals surface area contributed by atoms with Crippen LogP contribution in [0.15, 0.2) is 30.5 Å². The van der Waals surface area contributed by atoms with Crippen LogP contribution in [0.4, 0.5) is 5.69 Å². The number of carbonyl (C=O) groups excluding carboxylic acids is 3. The largest absolute Gasteiger partial charge is 0.367 e. The summed E-state index contributed by atoms with van der Waals surface area (Å²) in [6, 6.07) is 7.49. The Morgan fingerprint density at radius 2 is 1.65 bits per heavy atom.